The fraction of sp³-hybridized carbons (Fsp3) is 0.143. The fourth-order valence-corrected chi connectivity index (χ4v) is 1.46. The number of benzene rings is 1. The van der Waals surface area contributed by atoms with Gasteiger partial charge in [-0.2, -0.15) is 8.78 Å². The number of halogens is 3. The fourth-order valence-electron chi connectivity index (χ4n) is 0.713. The predicted octanol–water partition coefficient (Wildman–Crippen LogP) is 2.30. The Hall–Kier alpha value is -0.240. The van der Waals surface area contributed by atoms with E-state index in [4.69, 9.17) is 0 Å². The lowest BCUT2D eigenvalue weighted by atomic mass is 10.4. The standard InChI is InChI=1S/C7H6F2O2S.HI/c8-7(9)12(10,11)6-4-2-1-3-5-6;/h1-5,7H;1H. The molecule has 0 aliphatic heterocycles. The van der Waals surface area contributed by atoms with Crippen molar-refractivity contribution in [1.29, 1.82) is 0 Å². The first-order chi connectivity index (χ1) is 5.55. The largest absolute Gasteiger partial charge is 0.341 e. The summed E-state index contributed by atoms with van der Waals surface area (Å²) in [5, 5.41) is 0. The molecule has 1 rings (SSSR count). The van der Waals surface area contributed by atoms with E-state index in [0.29, 0.717) is 0 Å². The zero-order chi connectivity index (χ0) is 9.19. The topological polar surface area (TPSA) is 34.1 Å². The Morgan fingerprint density at radius 1 is 1.08 bits per heavy atom. The van der Waals surface area contributed by atoms with Gasteiger partial charge < -0.3 is 0 Å². The van der Waals surface area contributed by atoms with Crippen molar-refractivity contribution in [3.05, 3.63) is 30.3 Å². The molecule has 0 radical (unpaired) electrons. The maximum Gasteiger partial charge on any atom is 0.341 e. The van der Waals surface area contributed by atoms with Gasteiger partial charge in [0.05, 0.1) is 4.90 Å². The van der Waals surface area contributed by atoms with Gasteiger partial charge in [0.25, 0.3) is 0 Å². The second-order valence-electron chi connectivity index (χ2n) is 2.12. The van der Waals surface area contributed by atoms with E-state index < -0.39 is 15.6 Å². The Balaban J connectivity index is 0.00000144. The third-order valence-electron chi connectivity index (χ3n) is 1.31. The molecule has 13 heavy (non-hydrogen) atoms. The summed E-state index contributed by atoms with van der Waals surface area (Å²) in [4.78, 5) is -0.347. The average molecular weight is 320 g/mol. The molecule has 0 aromatic heterocycles. The molecule has 0 heterocycles. The Bertz CT molecular complexity index is 350. The third kappa shape index (κ3) is 2.87. The van der Waals surface area contributed by atoms with Gasteiger partial charge in [0.2, 0.25) is 9.84 Å². The van der Waals surface area contributed by atoms with Crippen molar-refractivity contribution in [3.8, 4) is 0 Å². The van der Waals surface area contributed by atoms with Crippen LogP contribution in [0.5, 0.6) is 0 Å². The molecule has 0 bridgehead atoms. The first-order valence-electron chi connectivity index (χ1n) is 3.12. The predicted molar refractivity (Wildman–Crippen MR) is 55.0 cm³/mol. The lowest BCUT2D eigenvalue weighted by Gasteiger charge is -2.00. The highest BCUT2D eigenvalue weighted by Gasteiger charge is 2.25. The minimum Gasteiger partial charge on any atom is -0.218 e. The van der Waals surface area contributed by atoms with E-state index in [1.807, 2.05) is 0 Å². The zero-order valence-electron chi connectivity index (χ0n) is 6.35. The number of hydrogen-bond donors (Lipinski definition) is 0. The molecule has 0 saturated heterocycles. The second kappa shape index (κ2) is 4.85. The highest BCUT2D eigenvalue weighted by Crippen LogP contribution is 2.16. The monoisotopic (exact) mass is 320 g/mol. The lowest BCUT2D eigenvalue weighted by Crippen LogP contribution is -2.10. The van der Waals surface area contributed by atoms with Crippen LogP contribution in [-0.2, 0) is 9.84 Å². The van der Waals surface area contributed by atoms with Crippen LogP contribution < -0.4 is 0 Å². The van der Waals surface area contributed by atoms with E-state index in [1.54, 1.807) is 6.07 Å². The first-order valence-corrected chi connectivity index (χ1v) is 4.67. The van der Waals surface area contributed by atoms with Gasteiger partial charge >= 0.3 is 5.76 Å². The molecular weight excluding hydrogens is 313 g/mol. The van der Waals surface area contributed by atoms with Gasteiger partial charge in [0, 0.05) is 0 Å². The van der Waals surface area contributed by atoms with Crippen molar-refractivity contribution in [2.45, 2.75) is 10.7 Å². The summed E-state index contributed by atoms with van der Waals surface area (Å²) in [5.41, 5.74) is 0. The molecule has 0 saturated carbocycles. The van der Waals surface area contributed by atoms with Crippen LogP contribution in [0.25, 0.3) is 0 Å². The van der Waals surface area contributed by atoms with Gasteiger partial charge in [0.1, 0.15) is 0 Å². The van der Waals surface area contributed by atoms with Crippen molar-refractivity contribution in [2.75, 3.05) is 0 Å². The molecule has 0 atom stereocenters. The molecule has 0 spiro atoms. The van der Waals surface area contributed by atoms with Crippen LogP contribution in [-0.4, -0.2) is 14.2 Å². The molecular formula is C7H7F2IO2S. The molecule has 2 nitrogen and oxygen atoms in total. The molecule has 74 valence electrons. The molecule has 1 aromatic rings. The molecule has 1 aromatic carbocycles. The van der Waals surface area contributed by atoms with Crippen LogP contribution in [0.1, 0.15) is 0 Å². The quantitative estimate of drug-likeness (QED) is 0.784. The summed E-state index contributed by atoms with van der Waals surface area (Å²) in [6.07, 6.45) is 0. The minimum atomic E-state index is -4.41. The Morgan fingerprint density at radius 3 is 1.92 bits per heavy atom. The highest BCUT2D eigenvalue weighted by atomic mass is 127. The summed E-state index contributed by atoms with van der Waals surface area (Å²) in [7, 11) is -4.41. The molecule has 0 amide bonds. The number of alkyl halides is 2. The van der Waals surface area contributed by atoms with E-state index in [2.05, 4.69) is 0 Å². The minimum absolute atomic E-state index is 0. The molecule has 0 unspecified atom stereocenters. The molecule has 6 heteroatoms. The van der Waals surface area contributed by atoms with E-state index in [9.17, 15) is 17.2 Å². The van der Waals surface area contributed by atoms with Gasteiger partial charge in [-0.15, -0.1) is 24.0 Å². The van der Waals surface area contributed by atoms with E-state index >= 15 is 0 Å². The Labute approximate surface area is 91.9 Å². The van der Waals surface area contributed by atoms with Crippen LogP contribution in [0.3, 0.4) is 0 Å². The van der Waals surface area contributed by atoms with Crippen molar-refractivity contribution in [1.82, 2.24) is 0 Å². The molecule has 0 aliphatic carbocycles. The number of hydrogen-bond acceptors (Lipinski definition) is 2. The average Bonchev–Trinajstić information content (AvgIpc) is 2.06. The smallest absolute Gasteiger partial charge is 0.218 e. The summed E-state index contributed by atoms with van der Waals surface area (Å²) < 4.78 is 45.4. The third-order valence-corrected chi connectivity index (χ3v) is 2.70. The van der Waals surface area contributed by atoms with E-state index in [1.165, 1.54) is 12.1 Å². The number of rotatable bonds is 2. The van der Waals surface area contributed by atoms with Gasteiger partial charge in [0.15, 0.2) is 0 Å². The van der Waals surface area contributed by atoms with Gasteiger partial charge in [-0.3, -0.25) is 0 Å². The summed E-state index contributed by atoms with van der Waals surface area (Å²) in [5.74, 6) is -3.35. The summed E-state index contributed by atoms with van der Waals surface area (Å²) in [6, 6.07) is 6.64. The van der Waals surface area contributed by atoms with Crippen LogP contribution in [0.15, 0.2) is 35.2 Å². The maximum absolute atomic E-state index is 11.9. The SMILES string of the molecule is I.O=S(=O)(c1ccccc1)C(F)F. The molecule has 0 fully saturated rings. The Kier molecular flexibility index (Phi) is 4.76. The molecule has 0 aliphatic rings. The summed E-state index contributed by atoms with van der Waals surface area (Å²) >= 11 is 0. The normalized spacial score (nSPS) is 11.0. The summed E-state index contributed by atoms with van der Waals surface area (Å²) in [6.45, 7) is 0. The molecule has 0 N–H and O–H groups in total. The van der Waals surface area contributed by atoms with Crippen LogP contribution in [0.2, 0.25) is 0 Å². The van der Waals surface area contributed by atoms with Crippen molar-refractivity contribution >= 4 is 33.8 Å². The van der Waals surface area contributed by atoms with Crippen molar-refractivity contribution < 1.29 is 17.2 Å². The van der Waals surface area contributed by atoms with Crippen LogP contribution in [0.4, 0.5) is 8.78 Å². The first kappa shape index (κ1) is 12.8. The van der Waals surface area contributed by atoms with Crippen molar-refractivity contribution in [3.63, 3.8) is 0 Å². The Morgan fingerprint density at radius 2 is 1.54 bits per heavy atom. The van der Waals surface area contributed by atoms with Gasteiger partial charge in [-0.1, -0.05) is 18.2 Å². The van der Waals surface area contributed by atoms with Crippen LogP contribution >= 0.6 is 24.0 Å². The van der Waals surface area contributed by atoms with Gasteiger partial charge in [-0.05, 0) is 12.1 Å². The van der Waals surface area contributed by atoms with Crippen LogP contribution in [0, 0.1) is 0 Å². The van der Waals surface area contributed by atoms with Gasteiger partial charge in [-0.25, -0.2) is 8.42 Å². The second-order valence-corrected chi connectivity index (χ2v) is 4.04. The van der Waals surface area contributed by atoms with E-state index in [-0.39, 0.29) is 28.9 Å². The maximum atomic E-state index is 11.9. The lowest BCUT2D eigenvalue weighted by molar-refractivity contribution is 0.234. The van der Waals surface area contributed by atoms with Crippen molar-refractivity contribution in [2.24, 2.45) is 0 Å². The van der Waals surface area contributed by atoms with E-state index in [0.717, 1.165) is 12.1 Å². The number of sulfone groups is 1. The zero-order valence-corrected chi connectivity index (χ0v) is 9.50. The highest BCUT2D eigenvalue weighted by molar-refractivity contribution is 14.0.